The van der Waals surface area contributed by atoms with Crippen molar-refractivity contribution in [3.05, 3.63) is 52.7 Å². The number of amides is 1. The van der Waals surface area contributed by atoms with Crippen LogP contribution in [0.1, 0.15) is 40.4 Å². The van der Waals surface area contributed by atoms with Crippen LogP contribution in [0.3, 0.4) is 0 Å². The minimum Gasteiger partial charge on any atom is -0.466 e. The predicted molar refractivity (Wildman–Crippen MR) is 83.6 cm³/mol. The molecule has 0 spiro atoms. The quantitative estimate of drug-likeness (QED) is 0.929. The SMILES string of the molecule is Cc1cc(C(=O)NC(C)c2ccc(S(C)(=O)=O)c(F)c2)c(C)o1. The van der Waals surface area contributed by atoms with Gasteiger partial charge in [0.1, 0.15) is 22.2 Å². The van der Waals surface area contributed by atoms with E-state index in [0.717, 1.165) is 12.3 Å². The van der Waals surface area contributed by atoms with Crippen molar-refractivity contribution >= 4 is 15.7 Å². The monoisotopic (exact) mass is 339 g/mol. The number of hydrogen-bond donors (Lipinski definition) is 1. The Hall–Kier alpha value is -2.15. The first-order valence-electron chi connectivity index (χ1n) is 6.97. The van der Waals surface area contributed by atoms with Gasteiger partial charge < -0.3 is 9.73 Å². The van der Waals surface area contributed by atoms with E-state index in [1.165, 1.54) is 12.1 Å². The maximum absolute atomic E-state index is 13.9. The topological polar surface area (TPSA) is 76.4 Å². The molecule has 2 rings (SSSR count). The normalized spacial score (nSPS) is 12.9. The number of furan rings is 1. The number of carbonyl (C=O) groups excluding carboxylic acids is 1. The Labute approximate surface area is 134 Å². The Morgan fingerprint density at radius 2 is 1.91 bits per heavy atom. The molecular formula is C16H18FNO4S. The van der Waals surface area contributed by atoms with Gasteiger partial charge in [-0.1, -0.05) is 6.07 Å². The third-order valence-corrected chi connectivity index (χ3v) is 4.62. The number of halogens is 1. The Balaban J connectivity index is 2.21. The highest BCUT2D eigenvalue weighted by Crippen LogP contribution is 2.21. The first-order chi connectivity index (χ1) is 10.6. The lowest BCUT2D eigenvalue weighted by molar-refractivity contribution is 0.0938. The molecule has 0 radical (unpaired) electrons. The first-order valence-corrected chi connectivity index (χ1v) is 8.86. The highest BCUT2D eigenvalue weighted by atomic mass is 32.2. The molecule has 1 amide bonds. The lowest BCUT2D eigenvalue weighted by Gasteiger charge is -2.15. The van der Waals surface area contributed by atoms with Crippen LogP contribution < -0.4 is 5.32 Å². The summed E-state index contributed by atoms with van der Waals surface area (Å²) in [6.07, 6.45) is 0.945. The second-order valence-corrected chi connectivity index (χ2v) is 7.47. The van der Waals surface area contributed by atoms with Gasteiger partial charge in [-0.05, 0) is 44.5 Å². The van der Waals surface area contributed by atoms with Crippen LogP contribution in [0.2, 0.25) is 0 Å². The van der Waals surface area contributed by atoms with Crippen molar-refractivity contribution in [2.24, 2.45) is 0 Å². The fourth-order valence-corrected chi connectivity index (χ4v) is 3.03. The van der Waals surface area contributed by atoms with Gasteiger partial charge >= 0.3 is 0 Å². The van der Waals surface area contributed by atoms with Gasteiger partial charge in [-0.25, -0.2) is 12.8 Å². The lowest BCUT2D eigenvalue weighted by Crippen LogP contribution is -2.27. The zero-order valence-electron chi connectivity index (χ0n) is 13.3. The molecule has 23 heavy (non-hydrogen) atoms. The van der Waals surface area contributed by atoms with Crippen molar-refractivity contribution in [3.63, 3.8) is 0 Å². The molecule has 1 atom stereocenters. The smallest absolute Gasteiger partial charge is 0.255 e. The Kier molecular flexibility index (Phi) is 4.61. The predicted octanol–water partition coefficient (Wildman–Crippen LogP) is 2.93. The lowest BCUT2D eigenvalue weighted by atomic mass is 10.1. The van der Waals surface area contributed by atoms with E-state index in [1.54, 1.807) is 26.8 Å². The van der Waals surface area contributed by atoms with E-state index in [9.17, 15) is 17.6 Å². The number of hydrogen-bond acceptors (Lipinski definition) is 4. The van der Waals surface area contributed by atoms with Crippen molar-refractivity contribution in [1.82, 2.24) is 5.32 Å². The fourth-order valence-electron chi connectivity index (χ4n) is 2.30. The summed E-state index contributed by atoms with van der Waals surface area (Å²) in [5, 5.41) is 2.74. The molecule has 0 saturated heterocycles. The summed E-state index contributed by atoms with van der Waals surface area (Å²) in [6.45, 7) is 5.12. The van der Waals surface area contributed by atoms with Gasteiger partial charge in [-0.3, -0.25) is 4.79 Å². The summed E-state index contributed by atoms with van der Waals surface area (Å²) in [6, 6.07) is 4.95. The molecule has 1 N–H and O–H groups in total. The van der Waals surface area contributed by atoms with Crippen LogP contribution in [-0.4, -0.2) is 20.6 Å². The molecule has 0 aliphatic rings. The Bertz CT molecular complexity index is 855. The summed E-state index contributed by atoms with van der Waals surface area (Å²) < 4.78 is 42.1. The van der Waals surface area contributed by atoms with E-state index in [1.807, 2.05) is 0 Å². The number of nitrogens with one attached hydrogen (secondary N) is 1. The molecule has 2 aromatic rings. The van der Waals surface area contributed by atoms with Crippen molar-refractivity contribution < 1.29 is 22.0 Å². The Morgan fingerprint density at radius 3 is 2.39 bits per heavy atom. The van der Waals surface area contributed by atoms with E-state index >= 15 is 0 Å². The third kappa shape index (κ3) is 3.79. The van der Waals surface area contributed by atoms with Gasteiger partial charge in [-0.2, -0.15) is 0 Å². The van der Waals surface area contributed by atoms with Crippen LogP contribution in [0.5, 0.6) is 0 Å². The summed E-state index contributed by atoms with van der Waals surface area (Å²) in [5.74, 6) is -0.0319. The number of aryl methyl sites for hydroxylation is 2. The second-order valence-electron chi connectivity index (χ2n) is 5.48. The number of carbonyl (C=O) groups is 1. The number of benzene rings is 1. The zero-order chi connectivity index (χ0) is 17.4. The number of sulfone groups is 1. The van der Waals surface area contributed by atoms with Gasteiger partial charge in [0, 0.05) is 6.26 Å². The third-order valence-electron chi connectivity index (χ3n) is 3.49. The van der Waals surface area contributed by atoms with E-state index < -0.39 is 21.7 Å². The van der Waals surface area contributed by atoms with E-state index in [-0.39, 0.29) is 10.8 Å². The van der Waals surface area contributed by atoms with Gasteiger partial charge in [0.05, 0.1) is 11.6 Å². The van der Waals surface area contributed by atoms with Crippen molar-refractivity contribution in [1.29, 1.82) is 0 Å². The summed E-state index contributed by atoms with van der Waals surface area (Å²) in [5.41, 5.74) is 0.892. The maximum Gasteiger partial charge on any atom is 0.255 e. The van der Waals surface area contributed by atoms with Crippen LogP contribution in [0.4, 0.5) is 4.39 Å². The minimum absolute atomic E-state index is 0.334. The molecule has 7 heteroatoms. The molecule has 0 aliphatic heterocycles. The van der Waals surface area contributed by atoms with Crippen LogP contribution in [0.25, 0.3) is 0 Å². The first kappa shape index (κ1) is 17.2. The Morgan fingerprint density at radius 1 is 1.26 bits per heavy atom. The molecule has 1 unspecified atom stereocenters. The summed E-state index contributed by atoms with van der Waals surface area (Å²) in [7, 11) is -3.62. The molecule has 0 saturated carbocycles. The van der Waals surface area contributed by atoms with Gasteiger partial charge in [0.25, 0.3) is 5.91 Å². The summed E-state index contributed by atoms with van der Waals surface area (Å²) in [4.78, 5) is 11.9. The molecule has 5 nitrogen and oxygen atoms in total. The molecule has 1 aromatic carbocycles. The van der Waals surface area contributed by atoms with Crippen molar-refractivity contribution in [3.8, 4) is 0 Å². The standard InChI is InChI=1S/C16H18FNO4S/c1-9-7-13(11(3)22-9)16(19)18-10(2)12-5-6-15(14(17)8-12)23(4,20)21/h5-8,10H,1-4H3,(H,18,19). The van der Waals surface area contributed by atoms with Crippen LogP contribution in [0, 0.1) is 19.7 Å². The second kappa shape index (κ2) is 6.16. The largest absolute Gasteiger partial charge is 0.466 e. The van der Waals surface area contributed by atoms with E-state index in [0.29, 0.717) is 22.6 Å². The van der Waals surface area contributed by atoms with Gasteiger partial charge in [0.2, 0.25) is 0 Å². The van der Waals surface area contributed by atoms with E-state index in [4.69, 9.17) is 4.42 Å². The highest BCUT2D eigenvalue weighted by molar-refractivity contribution is 7.90. The van der Waals surface area contributed by atoms with Crippen molar-refractivity contribution in [2.45, 2.75) is 31.7 Å². The molecule has 124 valence electrons. The van der Waals surface area contributed by atoms with Crippen LogP contribution in [-0.2, 0) is 9.84 Å². The minimum atomic E-state index is -3.62. The molecular weight excluding hydrogens is 321 g/mol. The molecule has 1 aromatic heterocycles. The van der Waals surface area contributed by atoms with Gasteiger partial charge in [-0.15, -0.1) is 0 Å². The fraction of sp³-hybridized carbons (Fsp3) is 0.312. The molecule has 0 fully saturated rings. The zero-order valence-corrected chi connectivity index (χ0v) is 14.1. The maximum atomic E-state index is 13.9. The molecule has 1 heterocycles. The average Bonchev–Trinajstić information content (AvgIpc) is 2.76. The number of rotatable bonds is 4. The molecule has 0 bridgehead atoms. The summed E-state index contributed by atoms with van der Waals surface area (Å²) >= 11 is 0. The average molecular weight is 339 g/mol. The van der Waals surface area contributed by atoms with Crippen LogP contribution >= 0.6 is 0 Å². The van der Waals surface area contributed by atoms with Crippen molar-refractivity contribution in [2.75, 3.05) is 6.26 Å². The van der Waals surface area contributed by atoms with Gasteiger partial charge in [0.15, 0.2) is 9.84 Å². The van der Waals surface area contributed by atoms with Crippen LogP contribution in [0.15, 0.2) is 33.6 Å². The van der Waals surface area contributed by atoms with E-state index in [2.05, 4.69) is 5.32 Å². The molecule has 0 aliphatic carbocycles. The highest BCUT2D eigenvalue weighted by Gasteiger charge is 2.19.